The number of fused-ring (bicyclic) bond motifs is 1. The van der Waals surface area contributed by atoms with Crippen LogP contribution in [0.4, 0.5) is 5.69 Å². The summed E-state index contributed by atoms with van der Waals surface area (Å²) in [5.74, 6) is 0.733. The lowest BCUT2D eigenvalue weighted by molar-refractivity contribution is -0.125. The van der Waals surface area contributed by atoms with Crippen LogP contribution in [-0.4, -0.2) is 25.3 Å². The van der Waals surface area contributed by atoms with Gasteiger partial charge in [0.05, 0.1) is 5.69 Å². The SMILES string of the molecule is CC1Oc2ccc(CCCCC=O)cc2N(C)C1=O. The molecule has 0 spiro atoms. The number of hydrogen-bond donors (Lipinski definition) is 0. The van der Waals surface area contributed by atoms with E-state index < -0.39 is 6.10 Å². The molecule has 0 N–H and O–H groups in total. The zero-order valence-corrected chi connectivity index (χ0v) is 11.4. The molecule has 4 heteroatoms. The number of carbonyl (C=O) groups is 2. The number of anilines is 1. The van der Waals surface area contributed by atoms with Crippen LogP contribution in [0, 0.1) is 0 Å². The minimum absolute atomic E-state index is 0.0226. The van der Waals surface area contributed by atoms with Gasteiger partial charge in [-0.15, -0.1) is 0 Å². The van der Waals surface area contributed by atoms with Gasteiger partial charge in [-0.25, -0.2) is 0 Å². The van der Waals surface area contributed by atoms with Gasteiger partial charge in [-0.1, -0.05) is 6.07 Å². The Morgan fingerprint density at radius 3 is 2.89 bits per heavy atom. The van der Waals surface area contributed by atoms with Crippen LogP contribution in [0.5, 0.6) is 5.75 Å². The molecule has 1 aromatic rings. The molecule has 0 fully saturated rings. The van der Waals surface area contributed by atoms with Crippen LogP contribution >= 0.6 is 0 Å². The minimum Gasteiger partial charge on any atom is -0.479 e. The summed E-state index contributed by atoms with van der Waals surface area (Å²) in [7, 11) is 1.77. The van der Waals surface area contributed by atoms with Gasteiger partial charge in [0.15, 0.2) is 6.10 Å². The molecule has 1 heterocycles. The third-order valence-electron chi connectivity index (χ3n) is 3.40. The Hall–Kier alpha value is -1.84. The number of nitrogens with zero attached hydrogens (tertiary/aromatic N) is 1. The standard InChI is InChI=1S/C15H19NO3/c1-11-15(18)16(2)13-10-12(6-4-3-5-9-17)7-8-14(13)19-11/h7-11H,3-6H2,1-2H3. The van der Waals surface area contributed by atoms with Crippen LogP contribution in [0.3, 0.4) is 0 Å². The lowest BCUT2D eigenvalue weighted by Gasteiger charge is -2.30. The van der Waals surface area contributed by atoms with Crippen molar-refractivity contribution in [1.29, 1.82) is 0 Å². The predicted octanol–water partition coefficient (Wildman–Crippen LogP) is 2.34. The summed E-state index contributed by atoms with van der Waals surface area (Å²) in [5.41, 5.74) is 2.00. The Balaban J connectivity index is 2.10. The maximum absolute atomic E-state index is 11.9. The number of ether oxygens (including phenoxy) is 1. The molecule has 19 heavy (non-hydrogen) atoms. The maximum atomic E-state index is 11.9. The van der Waals surface area contributed by atoms with Crippen molar-refractivity contribution in [3.8, 4) is 5.75 Å². The molecule has 1 unspecified atom stereocenters. The number of aldehydes is 1. The first-order chi connectivity index (χ1) is 9.13. The van der Waals surface area contributed by atoms with E-state index >= 15 is 0 Å². The molecular formula is C15H19NO3. The molecule has 0 bridgehead atoms. The molecule has 2 rings (SSSR count). The quantitative estimate of drug-likeness (QED) is 0.603. The Morgan fingerprint density at radius 1 is 1.37 bits per heavy atom. The van der Waals surface area contributed by atoms with E-state index in [1.165, 1.54) is 5.56 Å². The molecule has 1 aromatic carbocycles. The monoisotopic (exact) mass is 261 g/mol. The Kier molecular flexibility index (Phi) is 4.20. The molecule has 1 atom stereocenters. The second kappa shape index (κ2) is 5.87. The average Bonchev–Trinajstić information content (AvgIpc) is 2.42. The van der Waals surface area contributed by atoms with Gasteiger partial charge >= 0.3 is 0 Å². The summed E-state index contributed by atoms with van der Waals surface area (Å²) in [6.45, 7) is 1.76. The number of aryl methyl sites for hydroxylation is 1. The fourth-order valence-electron chi connectivity index (χ4n) is 2.27. The number of rotatable bonds is 5. The molecule has 4 nitrogen and oxygen atoms in total. The number of amides is 1. The van der Waals surface area contributed by atoms with Gasteiger partial charge in [-0.3, -0.25) is 4.79 Å². The Labute approximate surface area is 113 Å². The zero-order valence-electron chi connectivity index (χ0n) is 11.4. The number of unbranched alkanes of at least 4 members (excludes halogenated alkanes) is 2. The lowest BCUT2D eigenvalue weighted by atomic mass is 10.0. The van der Waals surface area contributed by atoms with E-state index in [9.17, 15) is 9.59 Å². The first kappa shape index (κ1) is 13.6. The van der Waals surface area contributed by atoms with E-state index in [1.54, 1.807) is 18.9 Å². The van der Waals surface area contributed by atoms with Crippen molar-refractivity contribution >= 4 is 17.9 Å². The molecule has 0 aliphatic carbocycles. The second-order valence-electron chi connectivity index (χ2n) is 4.87. The van der Waals surface area contributed by atoms with Crippen molar-refractivity contribution in [2.24, 2.45) is 0 Å². The number of carbonyl (C=O) groups excluding carboxylic acids is 2. The molecule has 1 aliphatic heterocycles. The van der Waals surface area contributed by atoms with E-state index in [0.29, 0.717) is 6.42 Å². The normalized spacial score (nSPS) is 17.9. The number of benzene rings is 1. The molecule has 1 aliphatic rings. The van der Waals surface area contributed by atoms with E-state index in [1.807, 2.05) is 18.2 Å². The van der Waals surface area contributed by atoms with Crippen molar-refractivity contribution in [3.63, 3.8) is 0 Å². The van der Waals surface area contributed by atoms with Gasteiger partial charge < -0.3 is 14.4 Å². The largest absolute Gasteiger partial charge is 0.479 e. The molecule has 102 valence electrons. The van der Waals surface area contributed by atoms with Crippen molar-refractivity contribution < 1.29 is 14.3 Å². The highest BCUT2D eigenvalue weighted by Gasteiger charge is 2.28. The third-order valence-corrected chi connectivity index (χ3v) is 3.40. The Morgan fingerprint density at radius 2 is 2.16 bits per heavy atom. The molecule has 0 aromatic heterocycles. The molecule has 1 amide bonds. The minimum atomic E-state index is -0.420. The van der Waals surface area contributed by atoms with Gasteiger partial charge in [-0.2, -0.15) is 0 Å². The zero-order chi connectivity index (χ0) is 13.8. The van der Waals surface area contributed by atoms with Gasteiger partial charge in [-0.05, 0) is 43.9 Å². The summed E-state index contributed by atoms with van der Waals surface area (Å²) in [4.78, 5) is 23.8. The smallest absolute Gasteiger partial charge is 0.267 e. The van der Waals surface area contributed by atoms with E-state index in [0.717, 1.165) is 37.0 Å². The van der Waals surface area contributed by atoms with Crippen molar-refractivity contribution in [2.75, 3.05) is 11.9 Å². The summed E-state index contributed by atoms with van der Waals surface area (Å²) < 4.78 is 5.57. The summed E-state index contributed by atoms with van der Waals surface area (Å²) >= 11 is 0. The van der Waals surface area contributed by atoms with Crippen LogP contribution < -0.4 is 9.64 Å². The van der Waals surface area contributed by atoms with Crippen molar-refractivity contribution in [2.45, 2.75) is 38.7 Å². The van der Waals surface area contributed by atoms with Crippen LogP contribution in [0.2, 0.25) is 0 Å². The van der Waals surface area contributed by atoms with Gasteiger partial charge in [0.1, 0.15) is 12.0 Å². The van der Waals surface area contributed by atoms with E-state index in [-0.39, 0.29) is 5.91 Å². The van der Waals surface area contributed by atoms with Gasteiger partial charge in [0, 0.05) is 13.5 Å². The van der Waals surface area contributed by atoms with Crippen molar-refractivity contribution in [1.82, 2.24) is 0 Å². The topological polar surface area (TPSA) is 46.6 Å². The lowest BCUT2D eigenvalue weighted by Crippen LogP contribution is -2.42. The second-order valence-corrected chi connectivity index (χ2v) is 4.87. The maximum Gasteiger partial charge on any atom is 0.267 e. The highest BCUT2D eigenvalue weighted by atomic mass is 16.5. The van der Waals surface area contributed by atoms with Crippen LogP contribution in [0.15, 0.2) is 18.2 Å². The molecule has 0 saturated carbocycles. The fourth-order valence-corrected chi connectivity index (χ4v) is 2.27. The third kappa shape index (κ3) is 2.95. The number of likely N-dealkylation sites (N-methyl/N-ethyl adjacent to an activating group) is 1. The average molecular weight is 261 g/mol. The highest BCUT2D eigenvalue weighted by Crippen LogP contribution is 2.34. The number of hydrogen-bond acceptors (Lipinski definition) is 3. The molecule has 0 saturated heterocycles. The van der Waals surface area contributed by atoms with E-state index in [2.05, 4.69) is 0 Å². The van der Waals surface area contributed by atoms with Crippen molar-refractivity contribution in [3.05, 3.63) is 23.8 Å². The highest BCUT2D eigenvalue weighted by molar-refractivity contribution is 5.99. The molecular weight excluding hydrogens is 242 g/mol. The summed E-state index contributed by atoms with van der Waals surface area (Å²) in [6.07, 6.45) is 3.95. The van der Waals surface area contributed by atoms with E-state index in [4.69, 9.17) is 4.74 Å². The summed E-state index contributed by atoms with van der Waals surface area (Å²) in [6, 6.07) is 5.94. The van der Waals surface area contributed by atoms with Gasteiger partial charge in [0.2, 0.25) is 0 Å². The molecule has 0 radical (unpaired) electrons. The predicted molar refractivity (Wildman–Crippen MR) is 73.6 cm³/mol. The fraction of sp³-hybridized carbons (Fsp3) is 0.467. The summed E-state index contributed by atoms with van der Waals surface area (Å²) in [5, 5.41) is 0. The van der Waals surface area contributed by atoms with Crippen LogP contribution in [0.1, 0.15) is 31.7 Å². The van der Waals surface area contributed by atoms with Gasteiger partial charge in [0.25, 0.3) is 5.91 Å². The first-order valence-electron chi connectivity index (χ1n) is 6.64. The Bertz CT molecular complexity index is 484. The van der Waals surface area contributed by atoms with Crippen LogP contribution in [-0.2, 0) is 16.0 Å². The first-order valence-corrected chi connectivity index (χ1v) is 6.64. The van der Waals surface area contributed by atoms with Crippen LogP contribution in [0.25, 0.3) is 0 Å².